The predicted molar refractivity (Wildman–Crippen MR) is 169 cm³/mol. The predicted octanol–water partition coefficient (Wildman–Crippen LogP) is 5.31. The van der Waals surface area contributed by atoms with E-state index in [-0.39, 0.29) is 31.9 Å². The zero-order valence-electron chi connectivity index (χ0n) is 23.2. The van der Waals surface area contributed by atoms with Gasteiger partial charge in [0, 0.05) is 13.2 Å². The van der Waals surface area contributed by atoms with Crippen LogP contribution in [0.5, 0.6) is 11.6 Å². The summed E-state index contributed by atoms with van der Waals surface area (Å²) in [6.45, 7) is 5.51. The Morgan fingerprint density at radius 2 is 1.57 bits per heavy atom. The van der Waals surface area contributed by atoms with Gasteiger partial charge >= 0.3 is 0 Å². The fourth-order valence-corrected chi connectivity index (χ4v) is 6.12. The Bertz CT molecular complexity index is 2080. The summed E-state index contributed by atoms with van der Waals surface area (Å²) >= 11 is 6.62. The molecule has 0 spiro atoms. The van der Waals surface area contributed by atoms with Gasteiger partial charge < -0.3 is 4.74 Å². The Balaban J connectivity index is 1.49. The van der Waals surface area contributed by atoms with Crippen LogP contribution < -0.4 is 20.8 Å². The number of fused-ring (bicyclic) bond motifs is 1. The second kappa shape index (κ2) is 10.6. The molecular formula is C31H25N5O4S2. The molecule has 1 aliphatic rings. The Morgan fingerprint density at radius 3 is 2.31 bits per heavy atom. The number of pyridine rings is 1. The molecule has 0 N–H and O–H groups in total. The molecule has 0 radical (unpaired) electrons. The molecule has 6 rings (SSSR count). The summed E-state index contributed by atoms with van der Waals surface area (Å²) in [6, 6.07) is 20.2. The summed E-state index contributed by atoms with van der Waals surface area (Å²) < 4.78 is 11.0. The van der Waals surface area contributed by atoms with Crippen molar-refractivity contribution in [2.24, 2.45) is 7.05 Å². The third-order valence-corrected chi connectivity index (χ3v) is 8.47. The molecule has 4 heterocycles. The summed E-state index contributed by atoms with van der Waals surface area (Å²) in [6.07, 6.45) is 3.07. The van der Waals surface area contributed by atoms with Gasteiger partial charge in [0.25, 0.3) is 17.0 Å². The smallest absolute Gasteiger partial charge is 0.296 e. The van der Waals surface area contributed by atoms with Crippen LogP contribution in [0.4, 0.5) is 5.69 Å². The first-order valence-corrected chi connectivity index (χ1v) is 14.3. The average molecular weight is 596 g/mol. The standard InChI is InChI=1S/C31H25N5O4S2/c1-18-11-8-9-15-23(18)40-27-22(28(37)34-16-10-12-19(2)26(34)32-27)17-24-29(38)35(31(41)42-24)25-20(3)33(4)36(30(25)39)21-13-6-5-7-14-21/h5-17H,1-4H3/b24-17+. The molecule has 2 aromatic carbocycles. The van der Waals surface area contributed by atoms with Crippen LogP contribution in [0.3, 0.4) is 0 Å². The molecule has 1 aliphatic heterocycles. The van der Waals surface area contributed by atoms with Crippen LogP contribution in [-0.2, 0) is 11.8 Å². The largest absolute Gasteiger partial charge is 0.438 e. The lowest BCUT2D eigenvalue weighted by atomic mass is 10.2. The minimum absolute atomic E-state index is 0.0659. The Morgan fingerprint density at radius 1 is 0.881 bits per heavy atom. The fraction of sp³-hybridized carbons (Fsp3) is 0.129. The van der Waals surface area contributed by atoms with Crippen molar-refractivity contribution in [3.05, 3.63) is 121 Å². The van der Waals surface area contributed by atoms with Crippen molar-refractivity contribution in [2.45, 2.75) is 20.8 Å². The monoisotopic (exact) mass is 595 g/mol. The lowest BCUT2D eigenvalue weighted by molar-refractivity contribution is -0.113. The van der Waals surface area contributed by atoms with Crippen molar-refractivity contribution < 1.29 is 9.53 Å². The number of aromatic nitrogens is 4. The van der Waals surface area contributed by atoms with E-state index in [2.05, 4.69) is 4.98 Å². The minimum atomic E-state index is -0.508. The van der Waals surface area contributed by atoms with E-state index in [0.717, 1.165) is 22.9 Å². The van der Waals surface area contributed by atoms with Gasteiger partial charge in [-0.15, -0.1) is 0 Å². The van der Waals surface area contributed by atoms with E-state index in [0.29, 0.717) is 22.8 Å². The summed E-state index contributed by atoms with van der Waals surface area (Å²) in [5.74, 6) is 0.0914. The van der Waals surface area contributed by atoms with Gasteiger partial charge in [0.05, 0.1) is 16.3 Å². The SMILES string of the molecule is Cc1ccccc1Oc1nc2c(C)cccn2c(=O)c1/C=C1/SC(=S)N(c2c(C)n(C)n(-c3ccccc3)c2=O)C1=O. The van der Waals surface area contributed by atoms with Crippen LogP contribution in [-0.4, -0.2) is 29.0 Å². The van der Waals surface area contributed by atoms with Gasteiger partial charge in [-0.2, -0.15) is 4.98 Å². The first-order valence-electron chi connectivity index (χ1n) is 13.0. The van der Waals surface area contributed by atoms with E-state index in [9.17, 15) is 14.4 Å². The molecule has 9 nitrogen and oxygen atoms in total. The van der Waals surface area contributed by atoms with Gasteiger partial charge in [-0.25, -0.2) is 4.68 Å². The van der Waals surface area contributed by atoms with E-state index >= 15 is 0 Å². The van der Waals surface area contributed by atoms with Crippen LogP contribution in [0, 0.1) is 20.8 Å². The number of benzene rings is 2. The third-order valence-electron chi connectivity index (χ3n) is 7.17. The second-order valence-electron chi connectivity index (χ2n) is 9.82. The van der Waals surface area contributed by atoms with Gasteiger partial charge in [-0.05, 0) is 62.2 Å². The van der Waals surface area contributed by atoms with Crippen molar-refractivity contribution in [3.8, 4) is 17.3 Å². The van der Waals surface area contributed by atoms with Gasteiger partial charge in [0.2, 0.25) is 5.88 Å². The van der Waals surface area contributed by atoms with Crippen molar-refractivity contribution >= 4 is 51.6 Å². The summed E-state index contributed by atoms with van der Waals surface area (Å²) in [5.41, 5.74) is 2.77. The zero-order valence-corrected chi connectivity index (χ0v) is 24.8. The maximum Gasteiger partial charge on any atom is 0.296 e. The van der Waals surface area contributed by atoms with Gasteiger partial charge in [-0.3, -0.25) is 28.4 Å². The van der Waals surface area contributed by atoms with E-state index in [1.54, 1.807) is 37.0 Å². The van der Waals surface area contributed by atoms with E-state index in [1.807, 2.05) is 68.4 Å². The number of thioether (sulfide) groups is 1. The van der Waals surface area contributed by atoms with Crippen molar-refractivity contribution in [1.82, 2.24) is 18.7 Å². The highest BCUT2D eigenvalue weighted by Gasteiger charge is 2.38. The Kier molecular flexibility index (Phi) is 6.91. The molecule has 42 heavy (non-hydrogen) atoms. The van der Waals surface area contributed by atoms with Crippen LogP contribution in [0.25, 0.3) is 17.4 Å². The molecule has 1 fully saturated rings. The van der Waals surface area contributed by atoms with Crippen molar-refractivity contribution in [2.75, 3.05) is 4.90 Å². The maximum atomic E-state index is 13.9. The molecule has 0 saturated carbocycles. The van der Waals surface area contributed by atoms with E-state index in [4.69, 9.17) is 17.0 Å². The highest BCUT2D eigenvalue weighted by molar-refractivity contribution is 8.27. The van der Waals surface area contributed by atoms with Crippen LogP contribution in [0.2, 0.25) is 0 Å². The number of aryl methyl sites for hydroxylation is 2. The number of carbonyl (C=O) groups is 1. The number of hydrogen-bond donors (Lipinski definition) is 0. The van der Waals surface area contributed by atoms with Crippen molar-refractivity contribution in [1.29, 1.82) is 0 Å². The number of nitrogens with zero attached hydrogens (tertiary/aromatic N) is 5. The second-order valence-corrected chi connectivity index (χ2v) is 11.5. The summed E-state index contributed by atoms with van der Waals surface area (Å²) in [4.78, 5) is 47.4. The molecule has 11 heteroatoms. The lowest BCUT2D eigenvalue weighted by Crippen LogP contribution is -2.33. The van der Waals surface area contributed by atoms with Crippen LogP contribution in [0.15, 0.2) is 87.4 Å². The fourth-order valence-electron chi connectivity index (χ4n) is 4.87. The van der Waals surface area contributed by atoms with Crippen LogP contribution in [0.1, 0.15) is 22.4 Å². The van der Waals surface area contributed by atoms with Gasteiger partial charge in [0.1, 0.15) is 22.6 Å². The molecule has 0 bridgehead atoms. The summed E-state index contributed by atoms with van der Waals surface area (Å²) in [5, 5.41) is 0. The summed E-state index contributed by atoms with van der Waals surface area (Å²) in [7, 11) is 1.75. The van der Waals surface area contributed by atoms with Crippen LogP contribution >= 0.6 is 24.0 Å². The quantitative estimate of drug-likeness (QED) is 0.201. The van der Waals surface area contributed by atoms with Gasteiger partial charge in [0.15, 0.2) is 4.32 Å². The number of amides is 1. The number of hydrogen-bond acceptors (Lipinski definition) is 7. The lowest BCUT2D eigenvalue weighted by Gasteiger charge is -2.13. The molecule has 210 valence electrons. The highest BCUT2D eigenvalue weighted by atomic mass is 32.2. The highest BCUT2D eigenvalue weighted by Crippen LogP contribution is 2.37. The zero-order chi connectivity index (χ0) is 29.7. The normalized spacial score (nSPS) is 14.4. The molecule has 5 aromatic rings. The first-order chi connectivity index (χ1) is 20.2. The number of ether oxygens (including phenoxy) is 1. The number of anilines is 1. The first kappa shape index (κ1) is 27.4. The Hall–Kier alpha value is -4.74. The minimum Gasteiger partial charge on any atom is -0.438 e. The molecular weight excluding hydrogens is 571 g/mol. The average Bonchev–Trinajstić information content (AvgIpc) is 3.37. The molecule has 0 aliphatic carbocycles. The molecule has 1 amide bonds. The van der Waals surface area contributed by atoms with E-state index < -0.39 is 11.5 Å². The number of rotatable bonds is 5. The topological polar surface area (TPSA) is 90.8 Å². The molecule has 3 aromatic heterocycles. The number of thiocarbonyl (C=S) groups is 1. The number of carbonyl (C=O) groups excluding carboxylic acids is 1. The maximum absolute atomic E-state index is 13.9. The number of para-hydroxylation sites is 2. The van der Waals surface area contributed by atoms with Crippen molar-refractivity contribution in [3.63, 3.8) is 0 Å². The van der Waals surface area contributed by atoms with Gasteiger partial charge in [-0.1, -0.05) is 66.4 Å². The third kappa shape index (κ3) is 4.47. The Labute approximate surface area is 250 Å². The molecule has 1 saturated heterocycles. The molecule has 0 unspecified atom stereocenters. The van der Waals surface area contributed by atoms with E-state index in [1.165, 1.54) is 20.1 Å². The molecule has 0 atom stereocenters.